The topological polar surface area (TPSA) is 184 Å². The molecule has 0 spiro atoms. The number of ether oxygens (including phenoxy) is 4. The van der Waals surface area contributed by atoms with Crippen LogP contribution >= 0.6 is 0 Å². The number of aliphatic hydroxyl groups excluding tert-OH is 6. The molecule has 11 heteroatoms. The van der Waals surface area contributed by atoms with Crippen LogP contribution < -0.4 is 5.73 Å². The normalized spacial score (nSPS) is 47.1. The van der Waals surface area contributed by atoms with Crippen molar-refractivity contribution in [2.24, 2.45) is 5.73 Å². The van der Waals surface area contributed by atoms with Gasteiger partial charge in [-0.2, -0.15) is 0 Å². The summed E-state index contributed by atoms with van der Waals surface area (Å²) in [5.74, 6) is 0. The van der Waals surface area contributed by atoms with Crippen LogP contribution in [-0.4, -0.2) is 112 Å². The summed E-state index contributed by atoms with van der Waals surface area (Å²) in [6, 6.07) is 0. The molecule has 0 aromatic rings. The summed E-state index contributed by atoms with van der Waals surface area (Å²) in [6.45, 7) is 1.62. The lowest BCUT2D eigenvalue weighted by Gasteiger charge is -2.45. The van der Waals surface area contributed by atoms with Gasteiger partial charge in [0.05, 0.1) is 19.3 Å². The fraction of sp³-hybridized carbons (Fsp3) is 1.00. The minimum atomic E-state index is -1.62. The Morgan fingerprint density at radius 3 is 2.15 bits per heavy atom. The first-order chi connectivity index (χ1) is 12.3. The molecule has 2 rings (SSSR count). The second-order valence-electron chi connectivity index (χ2n) is 6.50. The molecule has 26 heavy (non-hydrogen) atoms. The summed E-state index contributed by atoms with van der Waals surface area (Å²) in [5.41, 5.74) is 5.37. The van der Waals surface area contributed by atoms with Crippen LogP contribution in [0.3, 0.4) is 0 Å². The Balaban J connectivity index is 2.00. The zero-order valence-electron chi connectivity index (χ0n) is 14.5. The van der Waals surface area contributed by atoms with E-state index >= 15 is 0 Å². The van der Waals surface area contributed by atoms with Gasteiger partial charge in [-0.05, 0) is 19.9 Å². The first kappa shape index (κ1) is 21.9. The Morgan fingerprint density at radius 2 is 1.54 bits per heavy atom. The molecule has 0 saturated carbocycles. The Morgan fingerprint density at radius 1 is 0.885 bits per heavy atom. The van der Waals surface area contributed by atoms with Gasteiger partial charge in [0.2, 0.25) is 0 Å². The van der Waals surface area contributed by atoms with Gasteiger partial charge in [0.25, 0.3) is 0 Å². The minimum absolute atomic E-state index is 0.246. The molecule has 2 aliphatic heterocycles. The summed E-state index contributed by atoms with van der Waals surface area (Å²) in [6.07, 6.45) is -12.6. The Labute approximate surface area is 150 Å². The van der Waals surface area contributed by atoms with E-state index in [4.69, 9.17) is 24.7 Å². The molecule has 2 saturated heterocycles. The van der Waals surface area contributed by atoms with Gasteiger partial charge in [0.1, 0.15) is 42.7 Å². The molecule has 11 nitrogen and oxygen atoms in total. The lowest BCUT2D eigenvalue weighted by Crippen LogP contribution is -2.63. The minimum Gasteiger partial charge on any atom is -0.394 e. The van der Waals surface area contributed by atoms with Gasteiger partial charge in [-0.15, -0.1) is 0 Å². The molecular weight excluding hydrogens is 354 g/mol. The lowest BCUT2D eigenvalue weighted by atomic mass is 9.97. The average molecular weight is 383 g/mol. The summed E-state index contributed by atoms with van der Waals surface area (Å²) in [7, 11) is 0. The number of hydrogen-bond acceptors (Lipinski definition) is 11. The Kier molecular flexibility index (Phi) is 8.12. The smallest absolute Gasteiger partial charge is 0.187 e. The molecule has 0 radical (unpaired) electrons. The van der Waals surface area contributed by atoms with E-state index in [2.05, 4.69) is 0 Å². The van der Waals surface area contributed by atoms with E-state index in [1.807, 2.05) is 0 Å². The number of nitrogens with two attached hydrogens (primary N) is 1. The monoisotopic (exact) mass is 383 g/mol. The van der Waals surface area contributed by atoms with Crippen molar-refractivity contribution in [1.82, 2.24) is 0 Å². The van der Waals surface area contributed by atoms with Crippen LogP contribution in [0.15, 0.2) is 0 Å². The maximum Gasteiger partial charge on any atom is 0.187 e. The van der Waals surface area contributed by atoms with Gasteiger partial charge in [0, 0.05) is 0 Å². The Bertz CT molecular complexity index is 427. The Hall–Kier alpha value is -0.440. The SMILES string of the molecule is CC1O[C@@H](OCCCN)C(O)[C@@H](O)[C@H]1O[C@H]1OC(CO)[C@H](O)[C@H](O)C1O. The van der Waals surface area contributed by atoms with E-state index in [1.54, 1.807) is 6.92 Å². The van der Waals surface area contributed by atoms with E-state index in [9.17, 15) is 30.6 Å². The third-order valence-electron chi connectivity index (χ3n) is 4.55. The van der Waals surface area contributed by atoms with Crippen molar-refractivity contribution in [2.75, 3.05) is 19.8 Å². The summed E-state index contributed by atoms with van der Waals surface area (Å²) in [4.78, 5) is 0. The molecule has 2 aliphatic rings. The molecule has 2 fully saturated rings. The van der Waals surface area contributed by atoms with Gasteiger partial charge in [0.15, 0.2) is 12.6 Å². The van der Waals surface area contributed by atoms with Crippen molar-refractivity contribution in [3.63, 3.8) is 0 Å². The van der Waals surface area contributed by atoms with Gasteiger partial charge in [-0.1, -0.05) is 0 Å². The largest absolute Gasteiger partial charge is 0.394 e. The maximum atomic E-state index is 10.3. The average Bonchev–Trinajstić information content (AvgIpc) is 2.62. The number of rotatable bonds is 7. The molecule has 10 atom stereocenters. The first-order valence-electron chi connectivity index (χ1n) is 8.61. The van der Waals surface area contributed by atoms with Crippen LogP contribution in [0.25, 0.3) is 0 Å². The number of hydrogen-bond donors (Lipinski definition) is 7. The summed E-state index contributed by atoms with van der Waals surface area (Å²) in [5, 5.41) is 59.3. The van der Waals surface area contributed by atoms with Gasteiger partial charge in [-0.3, -0.25) is 0 Å². The first-order valence-corrected chi connectivity index (χ1v) is 8.61. The molecule has 154 valence electrons. The van der Waals surface area contributed by atoms with E-state index < -0.39 is 68.0 Å². The van der Waals surface area contributed by atoms with Crippen molar-refractivity contribution >= 4 is 0 Å². The van der Waals surface area contributed by atoms with E-state index in [0.717, 1.165) is 0 Å². The molecular formula is C15H29NO10. The molecule has 0 aromatic heterocycles. The summed E-state index contributed by atoms with van der Waals surface area (Å²) < 4.78 is 21.6. The molecule has 4 unspecified atom stereocenters. The molecule has 2 heterocycles. The van der Waals surface area contributed by atoms with Gasteiger partial charge in [-0.25, -0.2) is 0 Å². The highest BCUT2D eigenvalue weighted by atomic mass is 16.7. The standard InChI is InChI=1S/C15H29NO10/c1-6-13(10(20)12(22)14(24-6)23-4-2-3-16)26-15-11(21)9(19)8(18)7(5-17)25-15/h6-15,17-22H,2-5,16H2,1H3/t6?,7?,8-,9-,10+,11?,12?,13-,14+,15+/m0/s1. The van der Waals surface area contributed by atoms with Crippen molar-refractivity contribution < 1.29 is 49.6 Å². The fourth-order valence-corrected chi connectivity index (χ4v) is 2.95. The van der Waals surface area contributed by atoms with Gasteiger partial charge >= 0.3 is 0 Å². The third kappa shape index (κ3) is 4.69. The molecule has 0 amide bonds. The van der Waals surface area contributed by atoms with E-state index in [1.165, 1.54) is 0 Å². The van der Waals surface area contributed by atoms with Crippen molar-refractivity contribution in [1.29, 1.82) is 0 Å². The molecule has 0 bridgehead atoms. The van der Waals surface area contributed by atoms with Crippen LogP contribution in [0.5, 0.6) is 0 Å². The second-order valence-corrected chi connectivity index (χ2v) is 6.50. The zero-order valence-corrected chi connectivity index (χ0v) is 14.5. The molecule has 8 N–H and O–H groups in total. The highest BCUT2D eigenvalue weighted by molar-refractivity contribution is 4.93. The highest BCUT2D eigenvalue weighted by Gasteiger charge is 2.49. The van der Waals surface area contributed by atoms with Crippen LogP contribution in [0.4, 0.5) is 0 Å². The predicted molar refractivity (Wildman–Crippen MR) is 84.6 cm³/mol. The molecule has 0 aromatic carbocycles. The van der Waals surface area contributed by atoms with Gasteiger partial charge < -0.3 is 55.3 Å². The van der Waals surface area contributed by atoms with Crippen LogP contribution in [0, 0.1) is 0 Å². The maximum absolute atomic E-state index is 10.3. The number of aliphatic hydroxyl groups is 6. The van der Waals surface area contributed by atoms with E-state index in [0.29, 0.717) is 13.0 Å². The van der Waals surface area contributed by atoms with Crippen molar-refractivity contribution in [2.45, 2.75) is 74.8 Å². The van der Waals surface area contributed by atoms with Crippen molar-refractivity contribution in [3.8, 4) is 0 Å². The molecule has 0 aliphatic carbocycles. The van der Waals surface area contributed by atoms with Crippen LogP contribution in [0.2, 0.25) is 0 Å². The van der Waals surface area contributed by atoms with Crippen LogP contribution in [0.1, 0.15) is 13.3 Å². The lowest BCUT2D eigenvalue weighted by molar-refractivity contribution is -0.355. The fourth-order valence-electron chi connectivity index (χ4n) is 2.95. The highest BCUT2D eigenvalue weighted by Crippen LogP contribution is 2.29. The third-order valence-corrected chi connectivity index (χ3v) is 4.55. The van der Waals surface area contributed by atoms with E-state index in [-0.39, 0.29) is 6.61 Å². The van der Waals surface area contributed by atoms with Crippen LogP contribution in [-0.2, 0) is 18.9 Å². The quantitative estimate of drug-likeness (QED) is 0.213. The summed E-state index contributed by atoms with van der Waals surface area (Å²) >= 11 is 0. The van der Waals surface area contributed by atoms with Crippen molar-refractivity contribution in [3.05, 3.63) is 0 Å². The predicted octanol–water partition coefficient (Wildman–Crippen LogP) is -4.00. The second kappa shape index (κ2) is 9.66. The zero-order chi connectivity index (χ0) is 19.4.